The minimum absolute atomic E-state index is 0.0626. The van der Waals surface area contributed by atoms with Crippen LogP contribution in [0.2, 0.25) is 0 Å². The van der Waals surface area contributed by atoms with E-state index in [1.165, 1.54) is 0 Å². The molecular weight excluding hydrogens is 436 g/mol. The molecule has 7 heteroatoms. The van der Waals surface area contributed by atoms with Crippen LogP contribution in [0.1, 0.15) is 37.8 Å². The second-order valence-corrected chi connectivity index (χ2v) is 8.71. The number of aromatic nitrogens is 2. The molecule has 1 atom stereocenters. The van der Waals surface area contributed by atoms with Crippen LogP contribution in [-0.2, 0) is 4.79 Å². The number of hydrogen-bond acceptors (Lipinski definition) is 6. The number of amides is 1. The number of nitrogens with zero attached hydrogens (tertiary/aromatic N) is 4. The van der Waals surface area contributed by atoms with Gasteiger partial charge in [0.05, 0.1) is 11.3 Å². The molecule has 1 aliphatic rings. The summed E-state index contributed by atoms with van der Waals surface area (Å²) in [6.07, 6.45) is 10.7. The Morgan fingerprint density at radius 1 is 1.34 bits per heavy atom. The summed E-state index contributed by atoms with van der Waals surface area (Å²) in [5.41, 5.74) is 5.13. The predicted octanol–water partition coefficient (Wildman–Crippen LogP) is 4.82. The van der Waals surface area contributed by atoms with E-state index in [0.717, 1.165) is 34.4 Å². The van der Waals surface area contributed by atoms with Gasteiger partial charge in [-0.15, -0.1) is 0 Å². The highest BCUT2D eigenvalue weighted by Crippen LogP contribution is 2.26. The summed E-state index contributed by atoms with van der Waals surface area (Å²) in [5, 5.41) is 6.45. The molecule has 182 valence electrons. The molecule has 1 unspecified atom stereocenters. The molecule has 0 spiro atoms. The number of piperidine rings is 1. The molecule has 0 radical (unpaired) electrons. The van der Waals surface area contributed by atoms with Crippen LogP contribution < -0.4 is 10.6 Å². The van der Waals surface area contributed by atoms with Gasteiger partial charge >= 0.3 is 0 Å². The van der Waals surface area contributed by atoms with Crippen molar-refractivity contribution in [3.8, 4) is 11.4 Å². The monoisotopic (exact) mass is 470 g/mol. The van der Waals surface area contributed by atoms with Gasteiger partial charge in [-0.05, 0) is 43.5 Å². The first kappa shape index (κ1) is 25.6. The van der Waals surface area contributed by atoms with Crippen LogP contribution >= 0.6 is 0 Å². The summed E-state index contributed by atoms with van der Waals surface area (Å²) in [7, 11) is 3.96. The largest absolute Gasteiger partial charge is 0.383 e. The third-order valence-corrected chi connectivity index (χ3v) is 5.38. The van der Waals surface area contributed by atoms with Crippen LogP contribution in [0.25, 0.3) is 17.0 Å². The summed E-state index contributed by atoms with van der Waals surface area (Å²) < 4.78 is 0. The van der Waals surface area contributed by atoms with Crippen LogP contribution in [0.3, 0.4) is 0 Å². The van der Waals surface area contributed by atoms with E-state index in [9.17, 15) is 4.79 Å². The molecule has 2 aromatic rings. The van der Waals surface area contributed by atoms with Crippen LogP contribution in [0, 0.1) is 0 Å². The molecule has 1 aromatic heterocycles. The van der Waals surface area contributed by atoms with Gasteiger partial charge in [0.2, 0.25) is 5.91 Å². The number of hydrogen-bond donors (Lipinski definition) is 2. The third-order valence-electron chi connectivity index (χ3n) is 5.38. The maximum Gasteiger partial charge on any atom is 0.220 e. The Morgan fingerprint density at radius 2 is 2.14 bits per heavy atom. The fourth-order valence-electron chi connectivity index (χ4n) is 3.78. The Labute approximate surface area is 208 Å². The summed E-state index contributed by atoms with van der Waals surface area (Å²) in [5.74, 6) is 1.35. The average Bonchev–Trinajstić information content (AvgIpc) is 2.83. The molecule has 0 saturated carbocycles. The maximum atomic E-state index is 11.6. The highest BCUT2D eigenvalue weighted by atomic mass is 16.1. The van der Waals surface area contributed by atoms with Gasteiger partial charge in [-0.3, -0.25) is 9.79 Å². The van der Waals surface area contributed by atoms with Crippen LogP contribution in [0.5, 0.6) is 0 Å². The second-order valence-electron chi connectivity index (χ2n) is 8.71. The van der Waals surface area contributed by atoms with Gasteiger partial charge in [0.25, 0.3) is 0 Å². The number of aliphatic imine (C=N–C) groups is 1. The van der Waals surface area contributed by atoms with E-state index in [4.69, 9.17) is 9.97 Å². The molecule has 1 aliphatic heterocycles. The van der Waals surface area contributed by atoms with Crippen molar-refractivity contribution in [3.05, 3.63) is 84.9 Å². The standard InChI is InChI=1S/C28H34N6O/c1-7-10-25(31-19(3)4)24-17-30-27(33-28(24)32-23-13-14-26(35)29-16-23)22-12-9-11-21(15-22)20(8-2)18-34(5)6/h7-12,15,17-18,23H,2-3,13-14,16H2,1,4-6H3,(H,29,35)(H,30,32,33)/b10-7-,20-18+,31-25+. The molecule has 1 amide bonds. The summed E-state index contributed by atoms with van der Waals surface area (Å²) in [4.78, 5) is 27.8. The van der Waals surface area contributed by atoms with E-state index in [1.807, 2.05) is 75.5 Å². The SMILES string of the molecule is C=C/C(=C\N(C)C)c1cccc(-c2ncc(C(/C=C\C)=N/C(=C)C)c(NC3CCC(=O)NC3)n2)c1. The maximum absolute atomic E-state index is 11.6. The number of allylic oxidation sites excluding steroid dienone is 5. The first-order chi connectivity index (χ1) is 16.8. The van der Waals surface area contributed by atoms with E-state index < -0.39 is 0 Å². The lowest BCUT2D eigenvalue weighted by atomic mass is 10.0. The van der Waals surface area contributed by atoms with Gasteiger partial charge in [-0.25, -0.2) is 9.97 Å². The van der Waals surface area contributed by atoms with E-state index in [0.29, 0.717) is 30.3 Å². The molecule has 3 rings (SSSR count). The number of carbonyl (C=O) groups excluding carboxylic acids is 1. The second kappa shape index (κ2) is 11.9. The van der Waals surface area contributed by atoms with Gasteiger partial charge in [-0.2, -0.15) is 0 Å². The minimum Gasteiger partial charge on any atom is -0.383 e. The Morgan fingerprint density at radius 3 is 2.77 bits per heavy atom. The lowest BCUT2D eigenvalue weighted by Crippen LogP contribution is -2.42. The quantitative estimate of drug-likeness (QED) is 0.406. The summed E-state index contributed by atoms with van der Waals surface area (Å²) in [6.45, 7) is 12.2. The Bertz CT molecular complexity index is 1180. The topological polar surface area (TPSA) is 82.5 Å². The van der Waals surface area contributed by atoms with Crippen molar-refractivity contribution in [1.29, 1.82) is 0 Å². The third kappa shape index (κ3) is 6.99. The molecule has 35 heavy (non-hydrogen) atoms. The predicted molar refractivity (Wildman–Crippen MR) is 145 cm³/mol. The number of benzene rings is 1. The number of rotatable bonds is 9. The average molecular weight is 471 g/mol. The first-order valence-corrected chi connectivity index (χ1v) is 11.7. The fraction of sp³-hybridized carbons (Fsp3) is 0.286. The van der Waals surface area contributed by atoms with Crippen LogP contribution in [0.4, 0.5) is 5.82 Å². The van der Waals surface area contributed by atoms with Crippen LogP contribution in [0.15, 0.2) is 78.7 Å². The van der Waals surface area contributed by atoms with Crippen molar-refractivity contribution in [2.45, 2.75) is 32.7 Å². The number of nitrogens with one attached hydrogen (secondary N) is 2. The molecule has 1 fully saturated rings. The first-order valence-electron chi connectivity index (χ1n) is 11.7. The molecule has 7 nitrogen and oxygen atoms in total. The summed E-state index contributed by atoms with van der Waals surface area (Å²) in [6, 6.07) is 8.15. The van der Waals surface area contributed by atoms with Crippen molar-refractivity contribution >= 4 is 23.0 Å². The number of anilines is 1. The minimum atomic E-state index is 0.0626. The molecule has 0 bridgehead atoms. The Hall–Kier alpha value is -4.00. The fourth-order valence-corrected chi connectivity index (χ4v) is 3.78. The highest BCUT2D eigenvalue weighted by Gasteiger charge is 2.21. The van der Waals surface area contributed by atoms with Gasteiger partial charge in [0.15, 0.2) is 5.82 Å². The molecule has 2 heterocycles. The Balaban J connectivity index is 2.07. The van der Waals surface area contributed by atoms with Crippen LogP contribution in [-0.4, -0.2) is 53.2 Å². The van der Waals surface area contributed by atoms with Crippen molar-refractivity contribution in [2.75, 3.05) is 26.0 Å². The molecular formula is C28H34N6O. The highest BCUT2D eigenvalue weighted by molar-refractivity contribution is 6.12. The van der Waals surface area contributed by atoms with Crippen molar-refractivity contribution in [2.24, 2.45) is 4.99 Å². The zero-order valence-corrected chi connectivity index (χ0v) is 21.0. The van der Waals surface area contributed by atoms with Gasteiger partial charge in [0, 0.05) is 56.8 Å². The van der Waals surface area contributed by atoms with E-state index in [-0.39, 0.29) is 11.9 Å². The van der Waals surface area contributed by atoms with E-state index in [2.05, 4.69) is 34.9 Å². The summed E-state index contributed by atoms with van der Waals surface area (Å²) >= 11 is 0. The zero-order valence-electron chi connectivity index (χ0n) is 21.0. The normalized spacial score (nSPS) is 16.7. The number of carbonyl (C=O) groups is 1. The van der Waals surface area contributed by atoms with E-state index >= 15 is 0 Å². The van der Waals surface area contributed by atoms with Gasteiger partial charge in [-0.1, -0.05) is 43.5 Å². The lowest BCUT2D eigenvalue weighted by Gasteiger charge is -2.25. The zero-order chi connectivity index (χ0) is 25.4. The Kier molecular flexibility index (Phi) is 8.73. The smallest absolute Gasteiger partial charge is 0.220 e. The molecule has 1 aromatic carbocycles. The van der Waals surface area contributed by atoms with Gasteiger partial charge in [0.1, 0.15) is 5.82 Å². The molecule has 2 N–H and O–H groups in total. The van der Waals surface area contributed by atoms with Gasteiger partial charge < -0.3 is 15.5 Å². The lowest BCUT2D eigenvalue weighted by molar-refractivity contribution is -0.122. The van der Waals surface area contributed by atoms with Crippen molar-refractivity contribution in [1.82, 2.24) is 20.2 Å². The van der Waals surface area contributed by atoms with E-state index in [1.54, 1.807) is 6.20 Å². The van der Waals surface area contributed by atoms with Crippen molar-refractivity contribution < 1.29 is 4.79 Å². The molecule has 0 aliphatic carbocycles. The molecule has 1 saturated heterocycles. The van der Waals surface area contributed by atoms with Crippen molar-refractivity contribution in [3.63, 3.8) is 0 Å².